The Labute approximate surface area is 135 Å². The van der Waals surface area contributed by atoms with Gasteiger partial charge in [0, 0.05) is 30.2 Å². The van der Waals surface area contributed by atoms with Crippen LogP contribution in [0.25, 0.3) is 0 Å². The van der Waals surface area contributed by atoms with Crippen LogP contribution in [0, 0.1) is 0 Å². The van der Waals surface area contributed by atoms with Crippen LogP contribution in [0.2, 0.25) is 0 Å². The van der Waals surface area contributed by atoms with Crippen molar-refractivity contribution in [3.63, 3.8) is 0 Å². The minimum Gasteiger partial charge on any atom is -0.507 e. The molecule has 1 aromatic carbocycles. The lowest BCUT2D eigenvalue weighted by Crippen LogP contribution is -2.17. The van der Waals surface area contributed by atoms with E-state index < -0.39 is 5.97 Å². The smallest absolute Gasteiger partial charge is 0.339 e. The van der Waals surface area contributed by atoms with E-state index in [1.807, 2.05) is 18.5 Å². The van der Waals surface area contributed by atoms with Gasteiger partial charge in [-0.05, 0) is 50.2 Å². The number of aromatic nitrogens is 1. The van der Waals surface area contributed by atoms with Crippen molar-refractivity contribution < 1.29 is 15.0 Å². The van der Waals surface area contributed by atoms with Crippen molar-refractivity contribution in [3.05, 3.63) is 53.9 Å². The van der Waals surface area contributed by atoms with E-state index >= 15 is 0 Å². The van der Waals surface area contributed by atoms with Crippen LogP contribution in [0.1, 0.15) is 34.8 Å². The molecule has 1 aliphatic rings. The highest BCUT2D eigenvalue weighted by Crippen LogP contribution is 2.29. The summed E-state index contributed by atoms with van der Waals surface area (Å²) in [6.45, 7) is 1.22. The number of carboxylic acid groups (broad SMARTS) is 1. The third-order valence-electron chi connectivity index (χ3n) is 3.84. The number of hydrogen-bond donors (Lipinski definition) is 3. The number of nitrogen functional groups attached to an aromatic ring is 1. The SMILES string of the molecule is CN1CCC[C@H]1c1cccnc1.Nc1ccc(C(=O)O)c(O)c1. The maximum absolute atomic E-state index is 10.3. The Balaban J connectivity index is 0.000000168. The molecule has 1 aromatic heterocycles. The average molecular weight is 315 g/mol. The van der Waals surface area contributed by atoms with Gasteiger partial charge in [0.2, 0.25) is 0 Å². The minimum absolute atomic E-state index is 0.140. The molecule has 1 aliphatic heterocycles. The lowest BCUT2D eigenvalue weighted by atomic mass is 10.1. The van der Waals surface area contributed by atoms with E-state index in [0.717, 1.165) is 0 Å². The third kappa shape index (κ3) is 4.43. The van der Waals surface area contributed by atoms with E-state index in [-0.39, 0.29) is 11.3 Å². The van der Waals surface area contributed by atoms with Gasteiger partial charge in [0.05, 0.1) is 0 Å². The number of nitrogens with two attached hydrogens (primary N) is 1. The van der Waals surface area contributed by atoms with Gasteiger partial charge in [-0.2, -0.15) is 0 Å². The van der Waals surface area contributed by atoms with Gasteiger partial charge < -0.3 is 15.9 Å². The van der Waals surface area contributed by atoms with Crippen molar-refractivity contribution in [1.82, 2.24) is 9.88 Å². The fraction of sp³-hybridized carbons (Fsp3) is 0.294. The largest absolute Gasteiger partial charge is 0.507 e. The van der Waals surface area contributed by atoms with Crippen LogP contribution >= 0.6 is 0 Å². The van der Waals surface area contributed by atoms with Gasteiger partial charge >= 0.3 is 5.97 Å². The zero-order valence-electron chi connectivity index (χ0n) is 13.0. The summed E-state index contributed by atoms with van der Waals surface area (Å²) in [5.41, 5.74) is 6.83. The van der Waals surface area contributed by atoms with Gasteiger partial charge in [-0.3, -0.25) is 9.88 Å². The summed E-state index contributed by atoms with van der Waals surface area (Å²) in [6, 6.07) is 8.67. The maximum atomic E-state index is 10.3. The molecule has 1 fully saturated rings. The van der Waals surface area contributed by atoms with E-state index in [1.165, 1.54) is 43.1 Å². The molecule has 0 saturated carbocycles. The predicted octanol–water partition coefficient (Wildman–Crippen LogP) is 2.52. The molecule has 0 amide bonds. The molecule has 23 heavy (non-hydrogen) atoms. The topological polar surface area (TPSA) is 99.7 Å². The summed E-state index contributed by atoms with van der Waals surface area (Å²) in [5, 5.41) is 17.5. The average Bonchev–Trinajstić information content (AvgIpc) is 2.94. The molecule has 1 atom stereocenters. The van der Waals surface area contributed by atoms with Crippen LogP contribution in [-0.4, -0.2) is 39.7 Å². The maximum Gasteiger partial charge on any atom is 0.339 e. The molecule has 0 spiro atoms. The van der Waals surface area contributed by atoms with Gasteiger partial charge in [-0.25, -0.2) is 4.79 Å². The molecule has 0 aliphatic carbocycles. The van der Waals surface area contributed by atoms with E-state index in [1.54, 1.807) is 0 Å². The normalized spacial score (nSPS) is 17.3. The number of hydrogen-bond acceptors (Lipinski definition) is 5. The number of aromatic carboxylic acids is 1. The number of rotatable bonds is 2. The van der Waals surface area contributed by atoms with Crippen LogP contribution in [-0.2, 0) is 0 Å². The monoisotopic (exact) mass is 315 g/mol. The number of carbonyl (C=O) groups is 1. The minimum atomic E-state index is -1.16. The van der Waals surface area contributed by atoms with Crippen LogP contribution in [0.5, 0.6) is 5.75 Å². The van der Waals surface area contributed by atoms with Gasteiger partial charge in [0.25, 0.3) is 0 Å². The fourth-order valence-corrected chi connectivity index (χ4v) is 2.63. The summed E-state index contributed by atoms with van der Waals surface area (Å²) in [6.07, 6.45) is 6.41. The molecule has 2 aromatic rings. The molecule has 2 heterocycles. The molecule has 3 rings (SSSR count). The molecule has 6 heteroatoms. The lowest BCUT2D eigenvalue weighted by molar-refractivity contribution is 0.0694. The van der Waals surface area contributed by atoms with Crippen molar-refractivity contribution in [2.75, 3.05) is 19.3 Å². The van der Waals surface area contributed by atoms with Crippen LogP contribution in [0.3, 0.4) is 0 Å². The first-order valence-corrected chi connectivity index (χ1v) is 7.41. The van der Waals surface area contributed by atoms with Crippen LogP contribution in [0.15, 0.2) is 42.7 Å². The van der Waals surface area contributed by atoms with Gasteiger partial charge in [0.1, 0.15) is 11.3 Å². The molecular formula is C17H21N3O3. The Bertz CT molecular complexity index is 661. The summed E-state index contributed by atoms with van der Waals surface area (Å²) in [7, 11) is 2.19. The predicted molar refractivity (Wildman–Crippen MR) is 88.3 cm³/mol. The Morgan fingerprint density at radius 1 is 1.39 bits per heavy atom. The zero-order valence-corrected chi connectivity index (χ0v) is 13.0. The first kappa shape index (κ1) is 16.8. The summed E-state index contributed by atoms with van der Waals surface area (Å²) in [4.78, 5) is 16.9. The Kier molecular flexibility index (Phi) is 5.54. The van der Waals surface area contributed by atoms with Crippen molar-refractivity contribution in [2.24, 2.45) is 0 Å². The summed E-state index contributed by atoms with van der Waals surface area (Å²) < 4.78 is 0. The number of aromatic hydroxyl groups is 1. The number of anilines is 1. The number of nitrogens with zero attached hydrogens (tertiary/aromatic N) is 2. The fourth-order valence-electron chi connectivity index (χ4n) is 2.63. The second-order valence-electron chi connectivity index (χ2n) is 5.51. The number of pyridine rings is 1. The van der Waals surface area contributed by atoms with Crippen molar-refractivity contribution in [3.8, 4) is 5.75 Å². The first-order chi connectivity index (χ1) is 11.0. The van der Waals surface area contributed by atoms with Gasteiger partial charge in [-0.1, -0.05) is 6.07 Å². The summed E-state index contributed by atoms with van der Waals surface area (Å²) >= 11 is 0. The van der Waals surface area contributed by atoms with Gasteiger partial charge in [0.15, 0.2) is 0 Å². The highest BCUT2D eigenvalue weighted by Gasteiger charge is 2.21. The van der Waals surface area contributed by atoms with Gasteiger partial charge in [-0.15, -0.1) is 0 Å². The van der Waals surface area contributed by atoms with E-state index in [9.17, 15) is 4.79 Å². The molecule has 1 saturated heterocycles. The molecular weight excluding hydrogens is 294 g/mol. The lowest BCUT2D eigenvalue weighted by Gasteiger charge is -2.18. The molecule has 0 bridgehead atoms. The zero-order chi connectivity index (χ0) is 16.8. The standard InChI is InChI=1S/C10H14N2.C7H7NO3/c1-12-7-3-5-10(12)9-4-2-6-11-8-9;8-4-1-2-5(7(10)11)6(9)3-4/h2,4,6,8,10H,3,5,7H2,1H3;1-3,9H,8H2,(H,10,11)/t10-;/m0./s1. The summed E-state index contributed by atoms with van der Waals surface area (Å²) in [5.74, 6) is -1.47. The number of carboxylic acids is 1. The molecule has 122 valence electrons. The highest BCUT2D eigenvalue weighted by atomic mass is 16.4. The Morgan fingerprint density at radius 3 is 2.70 bits per heavy atom. The van der Waals surface area contributed by atoms with Crippen molar-refractivity contribution in [2.45, 2.75) is 18.9 Å². The van der Waals surface area contributed by atoms with Crippen LogP contribution < -0.4 is 5.73 Å². The number of benzene rings is 1. The number of phenols is 1. The highest BCUT2D eigenvalue weighted by molar-refractivity contribution is 5.91. The Hall–Kier alpha value is -2.60. The second-order valence-corrected chi connectivity index (χ2v) is 5.51. The van der Waals surface area contributed by atoms with Crippen molar-refractivity contribution in [1.29, 1.82) is 0 Å². The van der Waals surface area contributed by atoms with Crippen molar-refractivity contribution >= 4 is 11.7 Å². The van der Waals surface area contributed by atoms with E-state index in [4.69, 9.17) is 15.9 Å². The third-order valence-corrected chi connectivity index (χ3v) is 3.84. The Morgan fingerprint density at radius 2 is 2.17 bits per heavy atom. The van der Waals surface area contributed by atoms with E-state index in [2.05, 4.69) is 23.0 Å². The molecule has 6 nitrogen and oxygen atoms in total. The van der Waals surface area contributed by atoms with E-state index in [0.29, 0.717) is 11.7 Å². The quantitative estimate of drug-likeness (QED) is 0.736. The second kappa shape index (κ2) is 7.60. The van der Waals surface area contributed by atoms with Crippen LogP contribution in [0.4, 0.5) is 5.69 Å². The molecule has 0 radical (unpaired) electrons. The first-order valence-electron chi connectivity index (χ1n) is 7.41. The number of likely N-dealkylation sites (tertiary alicyclic amines) is 1. The molecule has 0 unspecified atom stereocenters. The molecule has 4 N–H and O–H groups in total.